The number of rotatable bonds is 3. The van der Waals surface area contributed by atoms with Gasteiger partial charge in [0.05, 0.1) is 21.7 Å². The minimum absolute atomic E-state index is 0.150. The van der Waals surface area contributed by atoms with Gasteiger partial charge in [-0.05, 0) is 30.3 Å². The van der Waals surface area contributed by atoms with Gasteiger partial charge in [0.25, 0.3) is 0 Å². The predicted molar refractivity (Wildman–Crippen MR) is 100 cm³/mol. The summed E-state index contributed by atoms with van der Waals surface area (Å²) in [5.41, 5.74) is 1.55. The highest BCUT2D eigenvalue weighted by molar-refractivity contribution is 9.10. The number of carboxylic acids is 1. The fourth-order valence-corrected chi connectivity index (χ4v) is 3.61. The Bertz CT molecular complexity index is 1040. The van der Waals surface area contributed by atoms with Crippen molar-refractivity contribution in [3.05, 3.63) is 50.1 Å². The van der Waals surface area contributed by atoms with Crippen molar-refractivity contribution in [2.45, 2.75) is 6.54 Å². The summed E-state index contributed by atoms with van der Waals surface area (Å²) < 4.78 is 2.39. The normalized spacial score (nSPS) is 11.2. The van der Waals surface area contributed by atoms with Gasteiger partial charge in [0, 0.05) is 29.3 Å². The summed E-state index contributed by atoms with van der Waals surface area (Å²) in [5, 5.41) is 10.7. The van der Waals surface area contributed by atoms with Gasteiger partial charge < -0.3 is 14.6 Å². The van der Waals surface area contributed by atoms with Gasteiger partial charge in [0.15, 0.2) is 5.43 Å². The maximum atomic E-state index is 12.9. The van der Waals surface area contributed by atoms with Gasteiger partial charge in [-0.15, -0.1) is 0 Å². The van der Waals surface area contributed by atoms with E-state index in [0.29, 0.717) is 32.5 Å². The number of benzene rings is 2. The van der Waals surface area contributed by atoms with Crippen LogP contribution in [-0.4, -0.2) is 29.7 Å². The SMILES string of the molecule is CN(C)c1c(Cl)ccc2c(=O)c3cc(Br)ccc3n(CC(=O)O)c12. The molecule has 3 rings (SSSR count). The molecule has 1 heterocycles. The van der Waals surface area contributed by atoms with Crippen molar-refractivity contribution in [1.82, 2.24) is 4.57 Å². The lowest BCUT2D eigenvalue weighted by atomic mass is 10.1. The molecule has 2 aromatic carbocycles. The molecule has 1 aromatic heterocycles. The lowest BCUT2D eigenvalue weighted by Gasteiger charge is -2.22. The molecule has 0 aliphatic carbocycles. The first-order valence-corrected chi connectivity index (χ1v) is 8.31. The number of aliphatic carboxylic acids is 1. The van der Waals surface area contributed by atoms with E-state index < -0.39 is 5.97 Å². The third-order valence-electron chi connectivity index (χ3n) is 3.85. The molecule has 124 valence electrons. The molecule has 1 N–H and O–H groups in total. The van der Waals surface area contributed by atoms with Crippen LogP contribution in [0.15, 0.2) is 39.6 Å². The zero-order valence-corrected chi connectivity index (χ0v) is 15.3. The summed E-state index contributed by atoms with van der Waals surface area (Å²) in [4.78, 5) is 26.1. The average Bonchev–Trinajstić information content (AvgIpc) is 2.50. The van der Waals surface area contributed by atoms with Gasteiger partial charge in [-0.3, -0.25) is 9.59 Å². The Morgan fingerprint density at radius 1 is 1.25 bits per heavy atom. The molecule has 24 heavy (non-hydrogen) atoms. The molecule has 0 atom stereocenters. The topological polar surface area (TPSA) is 62.5 Å². The Balaban J connectivity index is 2.64. The first-order chi connectivity index (χ1) is 11.3. The minimum Gasteiger partial charge on any atom is -0.480 e. The van der Waals surface area contributed by atoms with Crippen LogP contribution in [0.4, 0.5) is 5.69 Å². The number of pyridine rings is 1. The van der Waals surface area contributed by atoms with Crippen LogP contribution in [0.5, 0.6) is 0 Å². The van der Waals surface area contributed by atoms with Crippen molar-refractivity contribution in [2.24, 2.45) is 0 Å². The van der Waals surface area contributed by atoms with Crippen LogP contribution in [0.25, 0.3) is 21.8 Å². The van der Waals surface area contributed by atoms with Crippen LogP contribution in [0.2, 0.25) is 5.02 Å². The van der Waals surface area contributed by atoms with Crippen molar-refractivity contribution in [3.63, 3.8) is 0 Å². The molecule has 0 saturated carbocycles. The number of fused-ring (bicyclic) bond motifs is 2. The molecular weight excluding hydrogens is 396 g/mol. The number of nitrogens with zero attached hydrogens (tertiary/aromatic N) is 2. The van der Waals surface area contributed by atoms with Crippen LogP contribution in [0.3, 0.4) is 0 Å². The Morgan fingerprint density at radius 2 is 1.96 bits per heavy atom. The number of hydrogen-bond donors (Lipinski definition) is 1. The van der Waals surface area contributed by atoms with E-state index in [2.05, 4.69) is 15.9 Å². The smallest absolute Gasteiger partial charge is 0.323 e. The maximum absolute atomic E-state index is 12.9. The van der Waals surface area contributed by atoms with E-state index in [1.165, 1.54) is 0 Å². The molecule has 3 aromatic rings. The molecule has 0 bridgehead atoms. The average molecular weight is 410 g/mol. The molecule has 0 radical (unpaired) electrons. The summed E-state index contributed by atoms with van der Waals surface area (Å²) in [6.07, 6.45) is 0. The van der Waals surface area contributed by atoms with Gasteiger partial charge in [0.1, 0.15) is 6.54 Å². The Hall–Kier alpha value is -2.05. The van der Waals surface area contributed by atoms with Crippen molar-refractivity contribution < 1.29 is 9.90 Å². The molecule has 0 aliphatic heterocycles. The largest absolute Gasteiger partial charge is 0.480 e. The Kier molecular flexibility index (Phi) is 4.27. The van der Waals surface area contributed by atoms with E-state index in [9.17, 15) is 14.7 Å². The van der Waals surface area contributed by atoms with Crippen LogP contribution in [0, 0.1) is 0 Å². The Morgan fingerprint density at radius 3 is 2.58 bits per heavy atom. The molecule has 0 spiro atoms. The van der Waals surface area contributed by atoms with Gasteiger partial charge in [0.2, 0.25) is 0 Å². The standard InChI is InChI=1S/C17H14BrClN2O3/c1-20(2)16-12(19)5-4-10-15(16)21(8-14(22)23)13-6-3-9(18)7-11(13)17(10)24/h3-7H,8H2,1-2H3,(H,22,23). The lowest BCUT2D eigenvalue weighted by molar-refractivity contribution is -0.137. The fourth-order valence-electron chi connectivity index (χ4n) is 2.93. The molecule has 0 amide bonds. The molecule has 7 heteroatoms. The van der Waals surface area contributed by atoms with Crippen molar-refractivity contribution >= 4 is 61.0 Å². The molecular formula is C17H14BrClN2O3. The van der Waals surface area contributed by atoms with E-state index in [4.69, 9.17) is 11.6 Å². The van der Waals surface area contributed by atoms with Crippen LogP contribution >= 0.6 is 27.5 Å². The first kappa shape index (κ1) is 16.8. The summed E-state index contributed by atoms with van der Waals surface area (Å²) in [6.45, 7) is -0.268. The predicted octanol–water partition coefficient (Wildman–Crippen LogP) is 3.72. The van der Waals surface area contributed by atoms with Crippen molar-refractivity contribution in [2.75, 3.05) is 19.0 Å². The number of anilines is 1. The van der Waals surface area contributed by atoms with E-state index in [-0.39, 0.29) is 12.0 Å². The van der Waals surface area contributed by atoms with Gasteiger partial charge in [-0.2, -0.15) is 0 Å². The van der Waals surface area contributed by atoms with Gasteiger partial charge in [-0.25, -0.2) is 0 Å². The van der Waals surface area contributed by atoms with Crippen LogP contribution in [-0.2, 0) is 11.3 Å². The highest BCUT2D eigenvalue weighted by Crippen LogP contribution is 2.34. The quantitative estimate of drug-likeness (QED) is 0.670. The second kappa shape index (κ2) is 6.11. The molecule has 0 unspecified atom stereocenters. The fraction of sp³-hybridized carbons (Fsp3) is 0.176. The van der Waals surface area contributed by atoms with Gasteiger partial charge >= 0.3 is 5.97 Å². The van der Waals surface area contributed by atoms with E-state index in [1.807, 2.05) is 14.1 Å². The zero-order chi connectivity index (χ0) is 17.6. The summed E-state index contributed by atoms with van der Waals surface area (Å²) in [7, 11) is 3.62. The highest BCUT2D eigenvalue weighted by Gasteiger charge is 2.19. The molecule has 5 nitrogen and oxygen atoms in total. The van der Waals surface area contributed by atoms with Crippen molar-refractivity contribution in [3.8, 4) is 0 Å². The van der Waals surface area contributed by atoms with Crippen LogP contribution < -0.4 is 10.3 Å². The third-order valence-corrected chi connectivity index (χ3v) is 4.65. The third kappa shape index (κ3) is 2.65. The molecule has 0 saturated heterocycles. The lowest BCUT2D eigenvalue weighted by Crippen LogP contribution is -2.19. The molecule has 0 aliphatic rings. The second-order valence-corrected chi connectivity index (χ2v) is 6.98. The number of halogens is 2. The maximum Gasteiger partial charge on any atom is 0.323 e. The van der Waals surface area contributed by atoms with Crippen molar-refractivity contribution in [1.29, 1.82) is 0 Å². The van der Waals surface area contributed by atoms with Crippen LogP contribution in [0.1, 0.15) is 0 Å². The summed E-state index contributed by atoms with van der Waals surface area (Å²) in [5.74, 6) is -0.992. The van der Waals surface area contributed by atoms with E-state index >= 15 is 0 Å². The number of carbonyl (C=O) groups is 1. The summed E-state index contributed by atoms with van der Waals surface area (Å²) in [6, 6.07) is 8.54. The zero-order valence-electron chi connectivity index (χ0n) is 13.0. The second-order valence-electron chi connectivity index (χ2n) is 5.66. The number of aromatic nitrogens is 1. The monoisotopic (exact) mass is 408 g/mol. The minimum atomic E-state index is -0.992. The van der Waals surface area contributed by atoms with Gasteiger partial charge in [-0.1, -0.05) is 27.5 Å². The van der Waals surface area contributed by atoms with E-state index in [1.54, 1.807) is 39.8 Å². The summed E-state index contributed by atoms with van der Waals surface area (Å²) >= 11 is 9.69. The number of hydrogen-bond acceptors (Lipinski definition) is 3. The highest BCUT2D eigenvalue weighted by atomic mass is 79.9. The van der Waals surface area contributed by atoms with E-state index in [0.717, 1.165) is 4.47 Å². The molecule has 0 fully saturated rings. The number of carboxylic acid groups (broad SMARTS) is 1. The first-order valence-electron chi connectivity index (χ1n) is 7.14. The Labute approximate surface area is 151 Å².